The number of hydrogen-bond donors (Lipinski definition) is 3. The Hall–Kier alpha value is -3.92. The zero-order valence-electron chi connectivity index (χ0n) is 22.1. The lowest BCUT2D eigenvalue weighted by atomic mass is 10.00. The van der Waals surface area contributed by atoms with Crippen LogP contribution in [0.15, 0.2) is 84.5 Å². The Balaban J connectivity index is 1.42. The van der Waals surface area contributed by atoms with Gasteiger partial charge in [0.15, 0.2) is 0 Å². The molecule has 4 rings (SSSR count). The van der Waals surface area contributed by atoms with E-state index in [1.165, 1.54) is 11.3 Å². The molecule has 0 radical (unpaired) electrons. The number of aliphatic hydroxyl groups excluding tert-OH is 1. The minimum absolute atomic E-state index is 0.196. The molecule has 0 saturated heterocycles. The first-order valence-electron chi connectivity index (χ1n) is 12.8. The molecule has 0 bridgehead atoms. The van der Waals surface area contributed by atoms with Gasteiger partial charge in [-0.3, -0.25) is 14.6 Å². The lowest BCUT2D eigenvalue weighted by molar-refractivity contribution is 0.0784. The number of nitrogens with zero attached hydrogens (tertiary/aromatic N) is 3. The zero-order chi connectivity index (χ0) is 27.6. The number of nitrogens with one attached hydrogen (secondary N) is 2. The lowest BCUT2D eigenvalue weighted by Gasteiger charge is -2.25. The summed E-state index contributed by atoms with van der Waals surface area (Å²) in [5.41, 5.74) is 3.75. The molecule has 0 saturated carbocycles. The van der Waals surface area contributed by atoms with E-state index >= 15 is 0 Å². The molecular formula is C30H33N5O3S. The van der Waals surface area contributed by atoms with Crippen LogP contribution < -0.4 is 10.6 Å². The first-order valence-corrected chi connectivity index (χ1v) is 13.7. The summed E-state index contributed by atoms with van der Waals surface area (Å²) in [4.78, 5) is 36.4. The second-order valence-electron chi connectivity index (χ2n) is 9.45. The number of carbonyl (C=O) groups is 2. The highest BCUT2D eigenvalue weighted by atomic mass is 32.1. The van der Waals surface area contributed by atoms with Gasteiger partial charge in [-0.2, -0.15) is 0 Å². The summed E-state index contributed by atoms with van der Waals surface area (Å²) in [6, 6.07) is 19.7. The van der Waals surface area contributed by atoms with Crippen LogP contribution in [0.2, 0.25) is 0 Å². The smallest absolute Gasteiger partial charge is 0.253 e. The zero-order valence-corrected chi connectivity index (χ0v) is 22.9. The SMILES string of the molecule is Cc1csc(CN(C)C(=O)c2cccc(C(=O)N[C@@H](Cc3ccccc3)[C@H](O)CNCc3ccncc3)c2)n1. The van der Waals surface area contributed by atoms with Gasteiger partial charge in [-0.25, -0.2) is 4.98 Å². The van der Waals surface area contributed by atoms with Crippen LogP contribution in [0.4, 0.5) is 0 Å². The molecule has 202 valence electrons. The fourth-order valence-electron chi connectivity index (χ4n) is 4.17. The lowest BCUT2D eigenvalue weighted by Crippen LogP contribution is -2.48. The Kier molecular flexibility index (Phi) is 9.91. The molecule has 2 amide bonds. The molecule has 9 heteroatoms. The van der Waals surface area contributed by atoms with Crippen molar-refractivity contribution in [3.63, 3.8) is 0 Å². The van der Waals surface area contributed by atoms with E-state index in [9.17, 15) is 14.7 Å². The van der Waals surface area contributed by atoms with Crippen molar-refractivity contribution in [1.82, 2.24) is 25.5 Å². The number of carbonyl (C=O) groups excluding carboxylic acids is 2. The molecule has 39 heavy (non-hydrogen) atoms. The number of aromatic nitrogens is 2. The van der Waals surface area contributed by atoms with Crippen LogP contribution in [-0.4, -0.2) is 57.5 Å². The number of thiazole rings is 1. The van der Waals surface area contributed by atoms with Gasteiger partial charge in [0.05, 0.1) is 18.7 Å². The predicted molar refractivity (Wildman–Crippen MR) is 152 cm³/mol. The van der Waals surface area contributed by atoms with E-state index in [0.29, 0.717) is 37.2 Å². The minimum Gasteiger partial charge on any atom is -0.390 e. The number of hydrogen-bond acceptors (Lipinski definition) is 7. The quantitative estimate of drug-likeness (QED) is 0.252. The Bertz CT molecular complexity index is 1360. The first kappa shape index (κ1) is 28.1. The molecule has 0 aliphatic carbocycles. The van der Waals surface area contributed by atoms with Gasteiger partial charge < -0.3 is 20.6 Å². The molecule has 2 aromatic carbocycles. The summed E-state index contributed by atoms with van der Waals surface area (Å²) in [7, 11) is 1.72. The Labute approximate surface area is 232 Å². The molecular weight excluding hydrogens is 510 g/mol. The maximum Gasteiger partial charge on any atom is 0.253 e. The van der Waals surface area contributed by atoms with Gasteiger partial charge in [0, 0.05) is 54.7 Å². The largest absolute Gasteiger partial charge is 0.390 e. The van der Waals surface area contributed by atoms with Crippen molar-refractivity contribution in [3.05, 3.63) is 117 Å². The molecule has 2 heterocycles. The Morgan fingerprint density at radius 2 is 1.74 bits per heavy atom. The van der Waals surface area contributed by atoms with Crippen molar-refractivity contribution < 1.29 is 14.7 Å². The summed E-state index contributed by atoms with van der Waals surface area (Å²) >= 11 is 1.51. The van der Waals surface area contributed by atoms with E-state index in [0.717, 1.165) is 21.8 Å². The van der Waals surface area contributed by atoms with Crippen LogP contribution in [-0.2, 0) is 19.5 Å². The highest BCUT2D eigenvalue weighted by molar-refractivity contribution is 7.09. The van der Waals surface area contributed by atoms with E-state index in [1.807, 2.05) is 54.8 Å². The topological polar surface area (TPSA) is 107 Å². The maximum atomic E-state index is 13.3. The van der Waals surface area contributed by atoms with Crippen LogP contribution in [0.1, 0.15) is 42.5 Å². The van der Waals surface area contributed by atoms with Gasteiger partial charge in [-0.05, 0) is 54.8 Å². The number of rotatable bonds is 12. The summed E-state index contributed by atoms with van der Waals surface area (Å²) < 4.78 is 0. The fourth-order valence-corrected chi connectivity index (χ4v) is 5.00. The monoisotopic (exact) mass is 543 g/mol. The summed E-state index contributed by atoms with van der Waals surface area (Å²) in [6.45, 7) is 3.18. The summed E-state index contributed by atoms with van der Waals surface area (Å²) in [5.74, 6) is -0.546. The van der Waals surface area contributed by atoms with Crippen molar-refractivity contribution in [2.75, 3.05) is 13.6 Å². The Morgan fingerprint density at radius 1 is 1.00 bits per heavy atom. The van der Waals surface area contributed by atoms with Crippen molar-refractivity contribution >= 4 is 23.2 Å². The number of pyridine rings is 1. The van der Waals surface area contributed by atoms with Crippen LogP contribution in [0, 0.1) is 6.92 Å². The fraction of sp³-hybridized carbons (Fsp3) is 0.267. The Morgan fingerprint density at radius 3 is 2.46 bits per heavy atom. The van der Waals surface area contributed by atoms with Gasteiger partial charge in [-0.15, -0.1) is 11.3 Å². The van der Waals surface area contributed by atoms with E-state index < -0.39 is 12.1 Å². The molecule has 0 aliphatic heterocycles. The molecule has 0 spiro atoms. The van der Waals surface area contributed by atoms with E-state index in [2.05, 4.69) is 20.6 Å². The molecule has 0 aliphatic rings. The van der Waals surface area contributed by atoms with E-state index in [1.54, 1.807) is 48.6 Å². The highest BCUT2D eigenvalue weighted by Gasteiger charge is 2.23. The van der Waals surface area contributed by atoms with Crippen molar-refractivity contribution in [2.45, 2.75) is 38.6 Å². The third kappa shape index (κ3) is 8.28. The third-order valence-corrected chi connectivity index (χ3v) is 7.22. The van der Waals surface area contributed by atoms with Gasteiger partial charge >= 0.3 is 0 Å². The number of amides is 2. The third-order valence-electron chi connectivity index (χ3n) is 6.27. The van der Waals surface area contributed by atoms with Crippen molar-refractivity contribution in [2.24, 2.45) is 0 Å². The number of aryl methyl sites for hydroxylation is 1. The standard InChI is InChI=1S/C30H33N5O3S/c1-21-20-39-28(33-21)19-35(2)30(38)25-10-6-9-24(16-25)29(37)34-26(15-22-7-4-3-5-8-22)27(36)18-32-17-23-11-13-31-14-12-23/h3-14,16,20,26-27,32,36H,15,17-19H2,1-2H3,(H,34,37)/t26-,27+/m0/s1. The van der Waals surface area contributed by atoms with Crippen molar-refractivity contribution in [1.29, 1.82) is 0 Å². The van der Waals surface area contributed by atoms with Gasteiger partial charge in [0.25, 0.3) is 11.8 Å². The van der Waals surface area contributed by atoms with Gasteiger partial charge in [0.2, 0.25) is 0 Å². The predicted octanol–water partition coefficient (Wildman–Crippen LogP) is 3.61. The minimum atomic E-state index is -0.839. The second-order valence-corrected chi connectivity index (χ2v) is 10.4. The van der Waals surface area contributed by atoms with Gasteiger partial charge in [0.1, 0.15) is 5.01 Å². The molecule has 8 nitrogen and oxygen atoms in total. The molecule has 3 N–H and O–H groups in total. The second kappa shape index (κ2) is 13.7. The molecule has 0 fully saturated rings. The average Bonchev–Trinajstić information content (AvgIpc) is 3.37. The normalized spacial score (nSPS) is 12.5. The highest BCUT2D eigenvalue weighted by Crippen LogP contribution is 2.15. The molecule has 4 aromatic rings. The number of aliphatic hydroxyl groups is 1. The van der Waals surface area contributed by atoms with E-state index in [-0.39, 0.29) is 11.8 Å². The summed E-state index contributed by atoms with van der Waals surface area (Å²) in [5, 5.41) is 20.1. The number of benzene rings is 2. The van der Waals surface area contributed by atoms with Crippen LogP contribution in [0.25, 0.3) is 0 Å². The van der Waals surface area contributed by atoms with Crippen molar-refractivity contribution in [3.8, 4) is 0 Å². The maximum absolute atomic E-state index is 13.3. The summed E-state index contributed by atoms with van der Waals surface area (Å²) in [6.07, 6.45) is 3.07. The average molecular weight is 544 g/mol. The van der Waals surface area contributed by atoms with Gasteiger partial charge in [-0.1, -0.05) is 36.4 Å². The van der Waals surface area contributed by atoms with Crippen LogP contribution in [0.3, 0.4) is 0 Å². The van der Waals surface area contributed by atoms with Crippen LogP contribution >= 0.6 is 11.3 Å². The molecule has 0 unspecified atom stereocenters. The molecule has 2 atom stereocenters. The first-order chi connectivity index (χ1) is 18.9. The van der Waals surface area contributed by atoms with Crippen LogP contribution in [0.5, 0.6) is 0 Å². The molecule has 2 aromatic heterocycles. The van der Waals surface area contributed by atoms with E-state index in [4.69, 9.17) is 0 Å².